The van der Waals surface area contributed by atoms with Gasteiger partial charge < -0.3 is 10.2 Å². The molecule has 0 atom stereocenters. The van der Waals surface area contributed by atoms with Crippen LogP contribution in [0.5, 0.6) is 0 Å². The van der Waals surface area contributed by atoms with E-state index in [1.165, 1.54) is 0 Å². The summed E-state index contributed by atoms with van der Waals surface area (Å²) in [6.45, 7) is 4.45. The minimum atomic E-state index is -0.419. The molecule has 0 radical (unpaired) electrons. The van der Waals surface area contributed by atoms with Crippen molar-refractivity contribution in [2.24, 2.45) is 0 Å². The Balaban J connectivity index is 1.58. The molecule has 3 aromatic rings. The molecule has 0 unspecified atom stereocenters. The Hall–Kier alpha value is -3.29. The van der Waals surface area contributed by atoms with Crippen molar-refractivity contribution < 1.29 is 9.59 Å². The van der Waals surface area contributed by atoms with Crippen LogP contribution in [0.2, 0.25) is 0 Å². The summed E-state index contributed by atoms with van der Waals surface area (Å²) < 4.78 is 1.54. The van der Waals surface area contributed by atoms with Gasteiger partial charge in [0.2, 0.25) is 11.7 Å². The van der Waals surface area contributed by atoms with Gasteiger partial charge in [-0.3, -0.25) is 9.59 Å². The van der Waals surface area contributed by atoms with E-state index in [9.17, 15) is 9.59 Å². The van der Waals surface area contributed by atoms with Gasteiger partial charge in [-0.1, -0.05) is 6.07 Å². The van der Waals surface area contributed by atoms with Crippen LogP contribution in [0.4, 0.5) is 11.4 Å². The summed E-state index contributed by atoms with van der Waals surface area (Å²) in [5.74, 6) is 0.128. The van der Waals surface area contributed by atoms with Crippen molar-refractivity contribution in [2.45, 2.75) is 26.7 Å². The molecule has 1 saturated heterocycles. The molecule has 1 aromatic carbocycles. The molecule has 1 N–H and O–H groups in total. The second kappa shape index (κ2) is 6.21. The Bertz CT molecular complexity index is 1030. The van der Waals surface area contributed by atoms with Crippen molar-refractivity contribution in [3.63, 3.8) is 0 Å². The van der Waals surface area contributed by atoms with E-state index in [4.69, 9.17) is 0 Å². The van der Waals surface area contributed by atoms with Gasteiger partial charge in [0.15, 0.2) is 0 Å². The molecule has 1 aliphatic heterocycles. The Kier molecular flexibility index (Phi) is 3.87. The van der Waals surface area contributed by atoms with Gasteiger partial charge in [0, 0.05) is 35.7 Å². The molecule has 0 spiro atoms. The van der Waals surface area contributed by atoms with Gasteiger partial charge in [0.1, 0.15) is 0 Å². The molecule has 26 heavy (non-hydrogen) atoms. The predicted molar refractivity (Wildman–Crippen MR) is 96.2 cm³/mol. The first-order valence-electron chi connectivity index (χ1n) is 8.44. The maximum absolute atomic E-state index is 12.5. The maximum atomic E-state index is 12.5. The van der Waals surface area contributed by atoms with Crippen LogP contribution in [-0.4, -0.2) is 37.9 Å². The van der Waals surface area contributed by atoms with Gasteiger partial charge in [-0.25, -0.2) is 9.50 Å². The van der Waals surface area contributed by atoms with Crippen LogP contribution in [0.15, 0.2) is 30.3 Å². The van der Waals surface area contributed by atoms with E-state index in [2.05, 4.69) is 20.4 Å². The standard InChI is InChI=1S/C18H18N6O2/c1-11-9-12(2)24-18(19-11)21-16(22-24)17(26)20-13-5-3-6-14(10-13)23-8-4-7-15(23)25/h3,5-6,9-10H,4,7-8H2,1-2H3,(H,20,26). The minimum absolute atomic E-state index is 0.0499. The van der Waals surface area contributed by atoms with Gasteiger partial charge in [-0.05, 0) is 44.5 Å². The first-order valence-corrected chi connectivity index (χ1v) is 8.44. The molecule has 8 heteroatoms. The van der Waals surface area contributed by atoms with E-state index in [0.29, 0.717) is 24.4 Å². The van der Waals surface area contributed by atoms with E-state index in [1.54, 1.807) is 21.5 Å². The number of benzene rings is 1. The predicted octanol–water partition coefficient (Wildman–Crippen LogP) is 2.12. The number of nitrogens with one attached hydrogen (secondary N) is 1. The van der Waals surface area contributed by atoms with E-state index in [-0.39, 0.29) is 11.7 Å². The van der Waals surface area contributed by atoms with Crippen molar-refractivity contribution in [1.29, 1.82) is 0 Å². The smallest absolute Gasteiger partial charge is 0.295 e. The van der Waals surface area contributed by atoms with Crippen LogP contribution < -0.4 is 10.2 Å². The van der Waals surface area contributed by atoms with Crippen molar-refractivity contribution >= 4 is 29.0 Å². The van der Waals surface area contributed by atoms with Crippen molar-refractivity contribution in [2.75, 3.05) is 16.8 Å². The number of anilines is 2. The molecular formula is C18H18N6O2. The monoisotopic (exact) mass is 350 g/mol. The van der Waals surface area contributed by atoms with Crippen LogP contribution >= 0.6 is 0 Å². The zero-order chi connectivity index (χ0) is 18.3. The molecule has 1 fully saturated rings. The fourth-order valence-corrected chi connectivity index (χ4v) is 3.12. The fourth-order valence-electron chi connectivity index (χ4n) is 3.12. The zero-order valence-corrected chi connectivity index (χ0v) is 14.6. The Morgan fingerprint density at radius 2 is 2.04 bits per heavy atom. The largest absolute Gasteiger partial charge is 0.319 e. The van der Waals surface area contributed by atoms with Gasteiger partial charge in [-0.2, -0.15) is 4.98 Å². The Labute approximate surface area is 149 Å². The highest BCUT2D eigenvalue weighted by molar-refractivity contribution is 6.02. The summed E-state index contributed by atoms with van der Waals surface area (Å²) in [5.41, 5.74) is 3.04. The SMILES string of the molecule is Cc1cc(C)n2nc(C(=O)Nc3cccc(N4CCCC4=O)c3)nc2n1. The van der Waals surface area contributed by atoms with Crippen LogP contribution in [0.3, 0.4) is 0 Å². The first-order chi connectivity index (χ1) is 12.5. The van der Waals surface area contributed by atoms with Gasteiger partial charge in [0.05, 0.1) is 0 Å². The first kappa shape index (κ1) is 16.2. The lowest BCUT2D eigenvalue weighted by Gasteiger charge is -2.16. The van der Waals surface area contributed by atoms with Gasteiger partial charge in [0.25, 0.3) is 11.7 Å². The molecule has 1 aliphatic rings. The number of rotatable bonds is 3. The number of aromatic nitrogens is 4. The molecule has 8 nitrogen and oxygen atoms in total. The number of amides is 2. The van der Waals surface area contributed by atoms with Crippen molar-refractivity contribution in [3.05, 3.63) is 47.5 Å². The van der Waals surface area contributed by atoms with Crippen LogP contribution in [-0.2, 0) is 4.79 Å². The molecule has 132 valence electrons. The van der Waals surface area contributed by atoms with Crippen LogP contribution in [0.25, 0.3) is 5.78 Å². The lowest BCUT2D eigenvalue weighted by atomic mass is 10.2. The Morgan fingerprint density at radius 1 is 1.19 bits per heavy atom. The highest BCUT2D eigenvalue weighted by Crippen LogP contribution is 2.24. The third kappa shape index (κ3) is 2.90. The fraction of sp³-hybridized carbons (Fsp3) is 0.278. The van der Waals surface area contributed by atoms with E-state index in [0.717, 1.165) is 23.5 Å². The number of fused-ring (bicyclic) bond motifs is 1. The third-order valence-corrected chi connectivity index (χ3v) is 4.31. The van der Waals surface area contributed by atoms with Crippen LogP contribution in [0.1, 0.15) is 34.8 Å². The summed E-state index contributed by atoms with van der Waals surface area (Å²) in [6, 6.07) is 9.09. The topological polar surface area (TPSA) is 92.5 Å². The quantitative estimate of drug-likeness (QED) is 0.781. The van der Waals surface area contributed by atoms with Gasteiger partial charge >= 0.3 is 0 Å². The normalized spacial score (nSPS) is 14.2. The number of hydrogen-bond donors (Lipinski definition) is 1. The van der Waals surface area contributed by atoms with Crippen molar-refractivity contribution in [1.82, 2.24) is 19.6 Å². The molecule has 0 saturated carbocycles. The second-order valence-corrected chi connectivity index (χ2v) is 6.34. The summed E-state index contributed by atoms with van der Waals surface area (Å²) in [6.07, 6.45) is 1.42. The number of carbonyl (C=O) groups excluding carboxylic acids is 2. The molecule has 4 rings (SSSR count). The zero-order valence-electron chi connectivity index (χ0n) is 14.6. The molecule has 0 aliphatic carbocycles. The summed E-state index contributed by atoms with van der Waals surface area (Å²) in [5, 5.41) is 7.02. The molecule has 0 bridgehead atoms. The average molecular weight is 350 g/mol. The van der Waals surface area contributed by atoms with E-state index >= 15 is 0 Å². The lowest BCUT2D eigenvalue weighted by Crippen LogP contribution is -2.23. The van der Waals surface area contributed by atoms with E-state index in [1.807, 2.05) is 32.0 Å². The molecule has 2 amide bonds. The summed E-state index contributed by atoms with van der Waals surface area (Å²) >= 11 is 0. The molecule has 2 aromatic heterocycles. The highest BCUT2D eigenvalue weighted by atomic mass is 16.2. The van der Waals surface area contributed by atoms with Crippen LogP contribution in [0, 0.1) is 13.8 Å². The number of hydrogen-bond acceptors (Lipinski definition) is 5. The number of aryl methyl sites for hydroxylation is 2. The Morgan fingerprint density at radius 3 is 2.81 bits per heavy atom. The van der Waals surface area contributed by atoms with Crippen molar-refractivity contribution in [3.8, 4) is 0 Å². The summed E-state index contributed by atoms with van der Waals surface area (Å²) in [7, 11) is 0. The summed E-state index contributed by atoms with van der Waals surface area (Å²) in [4.78, 5) is 34.6. The lowest BCUT2D eigenvalue weighted by molar-refractivity contribution is -0.117. The third-order valence-electron chi connectivity index (χ3n) is 4.31. The molecule has 3 heterocycles. The molecular weight excluding hydrogens is 332 g/mol. The van der Waals surface area contributed by atoms with Gasteiger partial charge in [-0.15, -0.1) is 5.10 Å². The van der Waals surface area contributed by atoms with E-state index < -0.39 is 5.91 Å². The average Bonchev–Trinajstić information content (AvgIpc) is 3.21. The second-order valence-electron chi connectivity index (χ2n) is 6.34. The maximum Gasteiger partial charge on any atom is 0.295 e. The number of nitrogens with zero attached hydrogens (tertiary/aromatic N) is 5. The number of carbonyl (C=O) groups is 2. The minimum Gasteiger partial charge on any atom is -0.319 e. The highest BCUT2D eigenvalue weighted by Gasteiger charge is 2.22.